The number of benzene rings is 2. The van der Waals surface area contributed by atoms with Crippen LogP contribution >= 0.6 is 15.9 Å². The summed E-state index contributed by atoms with van der Waals surface area (Å²) in [6.45, 7) is -0.0160. The Kier molecular flexibility index (Phi) is 7.16. The Bertz CT molecular complexity index is 1020. The fourth-order valence-corrected chi connectivity index (χ4v) is 3.59. The number of rotatable bonds is 8. The molecule has 10 heteroatoms. The number of non-ortho nitro benzene ring substituents is 1. The average Bonchev–Trinajstić information content (AvgIpc) is 3.01. The summed E-state index contributed by atoms with van der Waals surface area (Å²) in [5, 5.41) is 30.7. The Balaban J connectivity index is 2.07. The van der Waals surface area contributed by atoms with Gasteiger partial charge in [0.2, 0.25) is 0 Å². The van der Waals surface area contributed by atoms with Crippen LogP contribution in [-0.4, -0.2) is 58.1 Å². The minimum absolute atomic E-state index is 0.0311. The van der Waals surface area contributed by atoms with Crippen molar-refractivity contribution in [2.45, 2.75) is 6.04 Å². The highest BCUT2D eigenvalue weighted by atomic mass is 79.9. The van der Waals surface area contributed by atoms with Crippen molar-refractivity contribution >= 4 is 39.1 Å². The standard InChI is InChI=1S/C21H19BrN2O7/c22-15-5-1-14(2-6-15)19(26)17-18(13-3-7-16(8-4-13)24(29)30)23(21(28)20(17)27)9-11-31-12-10-25/h1-8,18,25-26H,9-12H2. The van der Waals surface area contributed by atoms with Gasteiger partial charge in [0.1, 0.15) is 5.76 Å². The van der Waals surface area contributed by atoms with Crippen LogP contribution in [0.25, 0.3) is 5.76 Å². The molecule has 1 saturated heterocycles. The summed E-state index contributed by atoms with van der Waals surface area (Å²) >= 11 is 3.30. The monoisotopic (exact) mass is 490 g/mol. The maximum atomic E-state index is 12.8. The lowest BCUT2D eigenvalue weighted by Crippen LogP contribution is -2.33. The van der Waals surface area contributed by atoms with Crippen LogP contribution in [0.4, 0.5) is 5.69 Å². The van der Waals surface area contributed by atoms with E-state index in [1.54, 1.807) is 24.3 Å². The van der Waals surface area contributed by atoms with Crippen molar-refractivity contribution in [3.63, 3.8) is 0 Å². The first kappa shape index (κ1) is 22.6. The zero-order chi connectivity index (χ0) is 22.5. The van der Waals surface area contributed by atoms with Crippen molar-refractivity contribution in [2.75, 3.05) is 26.4 Å². The molecule has 9 nitrogen and oxygen atoms in total. The van der Waals surface area contributed by atoms with Crippen LogP contribution in [0.15, 0.2) is 58.6 Å². The molecule has 1 heterocycles. The molecule has 0 spiro atoms. The molecule has 0 radical (unpaired) electrons. The predicted octanol–water partition coefficient (Wildman–Crippen LogP) is 2.79. The van der Waals surface area contributed by atoms with E-state index in [1.165, 1.54) is 29.2 Å². The summed E-state index contributed by atoms with van der Waals surface area (Å²) in [4.78, 5) is 37.3. The van der Waals surface area contributed by atoms with Crippen LogP contribution in [0.1, 0.15) is 17.2 Å². The number of amides is 1. The number of Topliss-reactive ketones (excluding diaryl/α,β-unsaturated/α-hetero) is 1. The highest BCUT2D eigenvalue weighted by Crippen LogP contribution is 2.39. The molecule has 2 N–H and O–H groups in total. The van der Waals surface area contributed by atoms with Crippen molar-refractivity contribution in [3.05, 3.63) is 79.8 Å². The quantitative estimate of drug-likeness (QED) is 0.145. The molecule has 1 aliphatic heterocycles. The summed E-state index contributed by atoms with van der Waals surface area (Å²) in [6.07, 6.45) is 0. The van der Waals surface area contributed by atoms with E-state index < -0.39 is 22.7 Å². The second-order valence-corrected chi connectivity index (χ2v) is 7.60. The Morgan fingerprint density at radius 2 is 1.74 bits per heavy atom. The largest absolute Gasteiger partial charge is 0.507 e. The number of likely N-dealkylation sites (tertiary alicyclic amines) is 1. The lowest BCUT2D eigenvalue weighted by molar-refractivity contribution is -0.384. The number of carbonyl (C=O) groups excluding carboxylic acids is 2. The second kappa shape index (κ2) is 9.82. The second-order valence-electron chi connectivity index (χ2n) is 6.68. The van der Waals surface area contributed by atoms with Gasteiger partial charge in [0, 0.05) is 28.7 Å². The van der Waals surface area contributed by atoms with Crippen molar-refractivity contribution in [1.29, 1.82) is 0 Å². The van der Waals surface area contributed by atoms with E-state index in [0.29, 0.717) is 11.1 Å². The summed E-state index contributed by atoms with van der Waals surface area (Å²) in [5.41, 5.74) is 0.540. The number of nitrogens with zero attached hydrogens (tertiary/aromatic N) is 2. The summed E-state index contributed by atoms with van der Waals surface area (Å²) in [5.74, 6) is -2.01. The molecule has 1 amide bonds. The predicted molar refractivity (Wildman–Crippen MR) is 114 cm³/mol. The molecule has 31 heavy (non-hydrogen) atoms. The van der Waals surface area contributed by atoms with E-state index in [9.17, 15) is 24.8 Å². The fourth-order valence-electron chi connectivity index (χ4n) is 3.33. The lowest BCUT2D eigenvalue weighted by atomic mass is 9.95. The normalized spacial score (nSPS) is 17.9. The van der Waals surface area contributed by atoms with Crippen molar-refractivity contribution < 1.29 is 29.5 Å². The third-order valence-electron chi connectivity index (χ3n) is 4.79. The molecule has 0 saturated carbocycles. The molecular formula is C21H19BrN2O7. The number of aliphatic hydroxyl groups excluding tert-OH is 2. The van der Waals surface area contributed by atoms with Crippen LogP contribution in [0, 0.1) is 10.1 Å². The van der Waals surface area contributed by atoms with E-state index in [4.69, 9.17) is 9.84 Å². The van der Waals surface area contributed by atoms with E-state index >= 15 is 0 Å². The molecule has 3 rings (SSSR count). The number of ether oxygens (including phenoxy) is 1. The molecule has 1 aliphatic rings. The van der Waals surface area contributed by atoms with Gasteiger partial charge in [0.05, 0.1) is 36.4 Å². The van der Waals surface area contributed by atoms with Gasteiger partial charge in [0.25, 0.3) is 17.4 Å². The Morgan fingerprint density at radius 3 is 2.32 bits per heavy atom. The van der Waals surface area contributed by atoms with Crippen molar-refractivity contribution in [2.24, 2.45) is 0 Å². The van der Waals surface area contributed by atoms with Crippen LogP contribution in [0.5, 0.6) is 0 Å². The van der Waals surface area contributed by atoms with Crippen LogP contribution < -0.4 is 0 Å². The SMILES string of the molecule is O=C1C(=O)N(CCOCCO)C(c2ccc([N+](=O)[O-])cc2)C1=C(O)c1ccc(Br)cc1. The minimum atomic E-state index is -0.942. The molecule has 2 aromatic rings. The van der Waals surface area contributed by atoms with E-state index in [0.717, 1.165) is 4.47 Å². The summed E-state index contributed by atoms with van der Waals surface area (Å²) in [6, 6.07) is 11.1. The van der Waals surface area contributed by atoms with Crippen molar-refractivity contribution in [1.82, 2.24) is 4.90 Å². The molecule has 2 aromatic carbocycles. The number of hydrogen-bond acceptors (Lipinski definition) is 7. The number of nitro groups is 1. The van der Waals surface area contributed by atoms with E-state index in [2.05, 4.69) is 15.9 Å². The van der Waals surface area contributed by atoms with Gasteiger partial charge in [0.15, 0.2) is 0 Å². The van der Waals surface area contributed by atoms with Gasteiger partial charge in [-0.25, -0.2) is 0 Å². The maximum absolute atomic E-state index is 12.8. The van der Waals surface area contributed by atoms with Crippen LogP contribution in [0.2, 0.25) is 0 Å². The molecule has 0 bridgehead atoms. The first-order valence-electron chi connectivity index (χ1n) is 9.32. The maximum Gasteiger partial charge on any atom is 0.295 e. The summed E-state index contributed by atoms with van der Waals surface area (Å²) < 4.78 is 6.00. The van der Waals surface area contributed by atoms with Crippen LogP contribution in [-0.2, 0) is 14.3 Å². The zero-order valence-corrected chi connectivity index (χ0v) is 17.8. The van der Waals surface area contributed by atoms with Gasteiger partial charge in [-0.15, -0.1) is 0 Å². The Hall–Kier alpha value is -3.08. The number of hydrogen-bond donors (Lipinski definition) is 2. The molecular weight excluding hydrogens is 472 g/mol. The van der Waals surface area contributed by atoms with Crippen molar-refractivity contribution in [3.8, 4) is 0 Å². The van der Waals surface area contributed by atoms with Gasteiger partial charge >= 0.3 is 0 Å². The van der Waals surface area contributed by atoms with Gasteiger partial charge in [-0.05, 0) is 29.8 Å². The number of nitro benzene ring substituents is 1. The van der Waals surface area contributed by atoms with Gasteiger partial charge < -0.3 is 19.8 Å². The Morgan fingerprint density at radius 1 is 1.10 bits per heavy atom. The number of aliphatic hydroxyl groups is 2. The lowest BCUT2D eigenvalue weighted by Gasteiger charge is -2.25. The topological polar surface area (TPSA) is 130 Å². The molecule has 1 fully saturated rings. The third-order valence-corrected chi connectivity index (χ3v) is 5.32. The molecule has 162 valence electrons. The number of halogens is 1. The van der Waals surface area contributed by atoms with Gasteiger partial charge in [-0.3, -0.25) is 19.7 Å². The molecule has 1 atom stereocenters. The van der Waals surface area contributed by atoms with E-state index in [-0.39, 0.29) is 43.4 Å². The first-order valence-corrected chi connectivity index (χ1v) is 10.1. The third kappa shape index (κ3) is 4.82. The highest BCUT2D eigenvalue weighted by molar-refractivity contribution is 9.10. The smallest absolute Gasteiger partial charge is 0.295 e. The fraction of sp³-hybridized carbons (Fsp3) is 0.238. The molecule has 0 aromatic heterocycles. The van der Waals surface area contributed by atoms with E-state index in [1.807, 2.05) is 0 Å². The zero-order valence-electron chi connectivity index (χ0n) is 16.2. The average molecular weight is 491 g/mol. The Labute approximate surface area is 185 Å². The first-order chi connectivity index (χ1) is 14.8. The number of ketones is 1. The minimum Gasteiger partial charge on any atom is -0.507 e. The number of carbonyl (C=O) groups is 2. The molecule has 1 unspecified atom stereocenters. The molecule has 0 aliphatic carbocycles. The van der Waals surface area contributed by atoms with Crippen LogP contribution in [0.3, 0.4) is 0 Å². The van der Waals surface area contributed by atoms with Gasteiger partial charge in [-0.1, -0.05) is 28.1 Å². The highest BCUT2D eigenvalue weighted by Gasteiger charge is 2.46. The van der Waals surface area contributed by atoms with Gasteiger partial charge in [-0.2, -0.15) is 0 Å². The summed E-state index contributed by atoms with van der Waals surface area (Å²) in [7, 11) is 0.